The third-order valence-corrected chi connectivity index (χ3v) is 3.04. The van der Waals surface area contributed by atoms with E-state index >= 15 is 0 Å². The number of fused-ring (bicyclic) bond motifs is 1. The predicted molar refractivity (Wildman–Crippen MR) is 73.3 cm³/mol. The molecule has 0 fully saturated rings. The van der Waals surface area contributed by atoms with Crippen molar-refractivity contribution in [3.63, 3.8) is 0 Å². The lowest BCUT2D eigenvalue weighted by atomic mass is 10.2. The Balaban J connectivity index is 1.89. The Labute approximate surface area is 111 Å². The number of ether oxygens (including phenoxy) is 1. The van der Waals surface area contributed by atoms with Gasteiger partial charge in [0.1, 0.15) is 11.6 Å². The van der Waals surface area contributed by atoms with E-state index in [2.05, 4.69) is 20.6 Å². The summed E-state index contributed by atoms with van der Waals surface area (Å²) in [4.78, 5) is 8.73. The Morgan fingerprint density at radius 1 is 1.32 bits per heavy atom. The second kappa shape index (κ2) is 4.74. The molecule has 0 aliphatic carbocycles. The number of nitrogens with two attached hydrogens (primary N) is 1. The summed E-state index contributed by atoms with van der Waals surface area (Å²) in [6.07, 6.45) is 0. The molecule has 6 heteroatoms. The van der Waals surface area contributed by atoms with Gasteiger partial charge in [-0.25, -0.2) is 4.98 Å². The minimum absolute atomic E-state index is 0.508. The largest absolute Gasteiger partial charge is 0.497 e. The summed E-state index contributed by atoms with van der Waals surface area (Å²) in [5.41, 5.74) is 8.74. The van der Waals surface area contributed by atoms with Gasteiger partial charge in [-0.05, 0) is 12.1 Å². The molecule has 1 aliphatic heterocycles. The fourth-order valence-electron chi connectivity index (χ4n) is 2.08. The third-order valence-electron chi connectivity index (χ3n) is 3.04. The van der Waals surface area contributed by atoms with Crippen LogP contribution in [0.3, 0.4) is 0 Å². The van der Waals surface area contributed by atoms with Gasteiger partial charge in [0.25, 0.3) is 0 Å². The number of nitrogens with one attached hydrogen (secondary N) is 2. The van der Waals surface area contributed by atoms with Gasteiger partial charge in [0.2, 0.25) is 5.95 Å². The van der Waals surface area contributed by atoms with Crippen LogP contribution in [-0.4, -0.2) is 17.1 Å². The quantitative estimate of drug-likeness (QED) is 0.771. The molecule has 6 nitrogen and oxygen atoms in total. The number of anilines is 3. The molecular formula is C13H15N5O. The van der Waals surface area contributed by atoms with Crippen molar-refractivity contribution in [3.8, 4) is 5.75 Å². The Bertz CT molecular complexity index is 614. The van der Waals surface area contributed by atoms with Crippen molar-refractivity contribution in [3.05, 3.63) is 35.5 Å². The maximum atomic E-state index is 5.93. The standard InChI is InChI=1S/C13H15N5O/c1-19-9-4-2-3-8(5-9)16-13-17-11-7-15-6-10(11)12(14)18-13/h2-5,15H,6-7H2,1H3,(H3,14,16,17,18). The second-order valence-electron chi connectivity index (χ2n) is 4.32. The average molecular weight is 257 g/mol. The fourth-order valence-corrected chi connectivity index (χ4v) is 2.08. The summed E-state index contributed by atoms with van der Waals surface area (Å²) in [5.74, 6) is 1.81. The zero-order chi connectivity index (χ0) is 13.2. The predicted octanol–water partition coefficient (Wildman–Crippen LogP) is 1.41. The van der Waals surface area contributed by atoms with Crippen LogP contribution in [0, 0.1) is 0 Å². The molecular weight excluding hydrogens is 242 g/mol. The topological polar surface area (TPSA) is 85.1 Å². The molecule has 19 heavy (non-hydrogen) atoms. The lowest BCUT2D eigenvalue weighted by molar-refractivity contribution is 0.415. The Kier molecular flexibility index (Phi) is 2.92. The molecule has 4 N–H and O–H groups in total. The normalized spacial score (nSPS) is 13.1. The number of benzene rings is 1. The van der Waals surface area contributed by atoms with Gasteiger partial charge < -0.3 is 21.1 Å². The summed E-state index contributed by atoms with van der Waals surface area (Å²) < 4.78 is 5.17. The Morgan fingerprint density at radius 2 is 2.21 bits per heavy atom. The van der Waals surface area contributed by atoms with Crippen molar-refractivity contribution >= 4 is 17.5 Å². The van der Waals surface area contributed by atoms with Gasteiger partial charge >= 0.3 is 0 Å². The molecule has 0 spiro atoms. The first-order valence-corrected chi connectivity index (χ1v) is 6.03. The minimum atomic E-state index is 0.508. The van der Waals surface area contributed by atoms with Gasteiger partial charge in [-0.2, -0.15) is 4.98 Å². The van der Waals surface area contributed by atoms with Crippen LogP contribution in [0.15, 0.2) is 24.3 Å². The molecule has 98 valence electrons. The first-order valence-electron chi connectivity index (χ1n) is 6.03. The monoisotopic (exact) mass is 257 g/mol. The summed E-state index contributed by atoms with van der Waals surface area (Å²) >= 11 is 0. The maximum absolute atomic E-state index is 5.93. The highest BCUT2D eigenvalue weighted by molar-refractivity contribution is 5.58. The number of rotatable bonds is 3. The van der Waals surface area contributed by atoms with E-state index in [9.17, 15) is 0 Å². The average Bonchev–Trinajstić information content (AvgIpc) is 2.88. The minimum Gasteiger partial charge on any atom is -0.497 e. The van der Waals surface area contributed by atoms with E-state index in [0.29, 0.717) is 11.8 Å². The molecule has 2 heterocycles. The van der Waals surface area contributed by atoms with E-state index in [4.69, 9.17) is 10.5 Å². The molecule has 1 aromatic heterocycles. The van der Waals surface area contributed by atoms with Gasteiger partial charge in [0.05, 0.1) is 12.8 Å². The van der Waals surface area contributed by atoms with E-state index in [0.717, 1.165) is 35.8 Å². The van der Waals surface area contributed by atoms with Crippen molar-refractivity contribution in [1.29, 1.82) is 0 Å². The summed E-state index contributed by atoms with van der Waals surface area (Å²) in [6.45, 7) is 1.47. The van der Waals surface area contributed by atoms with Crippen LogP contribution in [0.2, 0.25) is 0 Å². The SMILES string of the molecule is COc1cccc(Nc2nc(N)c3c(n2)CNC3)c1. The van der Waals surface area contributed by atoms with Crippen molar-refractivity contribution in [1.82, 2.24) is 15.3 Å². The highest BCUT2D eigenvalue weighted by Gasteiger charge is 2.17. The number of hydrogen-bond acceptors (Lipinski definition) is 6. The van der Waals surface area contributed by atoms with E-state index in [1.54, 1.807) is 7.11 Å². The van der Waals surface area contributed by atoms with Crippen LogP contribution < -0.4 is 21.1 Å². The second-order valence-corrected chi connectivity index (χ2v) is 4.32. The molecule has 3 rings (SSSR count). The lowest BCUT2D eigenvalue weighted by Crippen LogP contribution is -2.05. The Hall–Kier alpha value is -2.34. The molecule has 1 aliphatic rings. The fraction of sp³-hybridized carbons (Fsp3) is 0.231. The highest BCUT2D eigenvalue weighted by Crippen LogP contribution is 2.23. The smallest absolute Gasteiger partial charge is 0.229 e. The van der Waals surface area contributed by atoms with Crippen LogP contribution in [0.5, 0.6) is 5.75 Å². The van der Waals surface area contributed by atoms with Gasteiger partial charge in [-0.3, -0.25) is 0 Å². The van der Waals surface area contributed by atoms with Crippen LogP contribution in [-0.2, 0) is 13.1 Å². The molecule has 0 radical (unpaired) electrons. The number of nitrogens with zero attached hydrogens (tertiary/aromatic N) is 2. The number of aromatic nitrogens is 2. The molecule has 0 saturated heterocycles. The first kappa shape index (κ1) is 11.7. The highest BCUT2D eigenvalue weighted by atomic mass is 16.5. The molecule has 0 unspecified atom stereocenters. The molecule has 2 aromatic rings. The van der Waals surface area contributed by atoms with E-state index in [-0.39, 0.29) is 0 Å². The zero-order valence-electron chi connectivity index (χ0n) is 10.6. The molecule has 0 atom stereocenters. The number of nitrogen functional groups attached to an aromatic ring is 1. The molecule has 0 saturated carbocycles. The van der Waals surface area contributed by atoms with Crippen LogP contribution >= 0.6 is 0 Å². The van der Waals surface area contributed by atoms with Crippen LogP contribution in [0.25, 0.3) is 0 Å². The lowest BCUT2D eigenvalue weighted by Gasteiger charge is -2.09. The molecule has 1 aromatic carbocycles. The van der Waals surface area contributed by atoms with E-state index in [1.165, 1.54) is 0 Å². The summed E-state index contributed by atoms with van der Waals surface area (Å²) in [6, 6.07) is 7.59. The van der Waals surface area contributed by atoms with Crippen LogP contribution in [0.1, 0.15) is 11.3 Å². The van der Waals surface area contributed by atoms with Crippen LogP contribution in [0.4, 0.5) is 17.5 Å². The van der Waals surface area contributed by atoms with Crippen molar-refractivity contribution < 1.29 is 4.74 Å². The van der Waals surface area contributed by atoms with Crippen molar-refractivity contribution in [2.75, 3.05) is 18.2 Å². The summed E-state index contributed by atoms with van der Waals surface area (Å²) in [7, 11) is 1.63. The summed E-state index contributed by atoms with van der Waals surface area (Å²) in [5, 5.41) is 6.35. The van der Waals surface area contributed by atoms with Crippen molar-refractivity contribution in [2.24, 2.45) is 0 Å². The van der Waals surface area contributed by atoms with Gasteiger partial charge in [-0.1, -0.05) is 6.07 Å². The van der Waals surface area contributed by atoms with E-state index < -0.39 is 0 Å². The zero-order valence-corrected chi connectivity index (χ0v) is 10.6. The maximum Gasteiger partial charge on any atom is 0.229 e. The third kappa shape index (κ3) is 2.30. The van der Waals surface area contributed by atoms with Gasteiger partial charge in [0, 0.05) is 30.4 Å². The van der Waals surface area contributed by atoms with Gasteiger partial charge in [0.15, 0.2) is 0 Å². The Morgan fingerprint density at radius 3 is 3.05 bits per heavy atom. The molecule has 0 bridgehead atoms. The molecule has 0 amide bonds. The first-order chi connectivity index (χ1) is 9.26. The number of methoxy groups -OCH3 is 1. The number of hydrogen-bond donors (Lipinski definition) is 3. The van der Waals surface area contributed by atoms with E-state index in [1.807, 2.05) is 24.3 Å². The van der Waals surface area contributed by atoms with Gasteiger partial charge in [-0.15, -0.1) is 0 Å². The van der Waals surface area contributed by atoms with Crippen molar-refractivity contribution in [2.45, 2.75) is 13.1 Å².